The lowest BCUT2D eigenvalue weighted by atomic mass is 9.87. The van der Waals surface area contributed by atoms with Crippen molar-refractivity contribution in [2.24, 2.45) is 5.73 Å². The number of hydrogen-bond acceptors (Lipinski definition) is 7. The van der Waals surface area contributed by atoms with Gasteiger partial charge in [-0.05, 0) is 51.3 Å². The fourth-order valence-electron chi connectivity index (χ4n) is 3.84. The fourth-order valence-corrected chi connectivity index (χ4v) is 3.84. The first kappa shape index (κ1) is 17.8. The van der Waals surface area contributed by atoms with Crippen LogP contribution in [0.15, 0.2) is 29.0 Å². The zero-order valence-corrected chi connectivity index (χ0v) is 16.7. The molecule has 0 unspecified atom stereocenters. The maximum absolute atomic E-state index is 6.04. The highest BCUT2D eigenvalue weighted by Crippen LogP contribution is 2.32. The summed E-state index contributed by atoms with van der Waals surface area (Å²) in [6.07, 6.45) is 5.88. The molecule has 1 saturated carbocycles. The zero-order valence-electron chi connectivity index (χ0n) is 16.7. The maximum Gasteiger partial charge on any atom is 0.223 e. The summed E-state index contributed by atoms with van der Waals surface area (Å²) in [6, 6.07) is 4.47. The van der Waals surface area contributed by atoms with Crippen LogP contribution in [0.25, 0.3) is 33.5 Å². The van der Waals surface area contributed by atoms with Gasteiger partial charge < -0.3 is 20.6 Å². The highest BCUT2D eigenvalue weighted by molar-refractivity contribution is 5.94. The minimum absolute atomic E-state index is 0.170. The first-order chi connectivity index (χ1) is 14.0. The molecule has 8 heteroatoms. The summed E-state index contributed by atoms with van der Waals surface area (Å²) in [4.78, 5) is 17.3. The average molecular weight is 389 g/mol. The molecule has 0 amide bonds. The van der Waals surface area contributed by atoms with E-state index in [1.54, 1.807) is 0 Å². The summed E-state index contributed by atoms with van der Waals surface area (Å²) in [5, 5.41) is 8.39. The summed E-state index contributed by atoms with van der Waals surface area (Å²) in [5.41, 5.74) is 12.3. The number of aromatic amines is 1. The van der Waals surface area contributed by atoms with E-state index in [0.29, 0.717) is 5.95 Å². The number of nitrogens with two attached hydrogens (primary N) is 1. The molecule has 5 rings (SSSR count). The SMILES string of the molecule is Cc1cnc(N[C@H]2CC[C@@H]2N)nc1-c1c[nH]c2nc(-c3c(C)noc3C)ccc12. The minimum Gasteiger partial charge on any atom is -0.361 e. The molecule has 1 aliphatic rings. The summed E-state index contributed by atoms with van der Waals surface area (Å²) in [7, 11) is 0. The van der Waals surface area contributed by atoms with Crippen molar-refractivity contribution in [1.29, 1.82) is 0 Å². The Labute approximate surface area is 167 Å². The van der Waals surface area contributed by atoms with E-state index < -0.39 is 0 Å². The second kappa shape index (κ2) is 6.66. The van der Waals surface area contributed by atoms with E-state index in [9.17, 15) is 0 Å². The number of aryl methyl sites for hydroxylation is 3. The molecule has 1 aliphatic carbocycles. The first-order valence-electron chi connectivity index (χ1n) is 9.79. The molecule has 148 valence electrons. The van der Waals surface area contributed by atoms with Crippen LogP contribution in [0.5, 0.6) is 0 Å². The van der Waals surface area contributed by atoms with Crippen molar-refractivity contribution in [3.8, 4) is 22.5 Å². The van der Waals surface area contributed by atoms with Crippen LogP contribution in [0.2, 0.25) is 0 Å². The van der Waals surface area contributed by atoms with Gasteiger partial charge in [0.2, 0.25) is 5.95 Å². The third kappa shape index (κ3) is 2.96. The van der Waals surface area contributed by atoms with Gasteiger partial charge in [-0.15, -0.1) is 0 Å². The van der Waals surface area contributed by atoms with Gasteiger partial charge >= 0.3 is 0 Å². The number of aromatic nitrogens is 5. The van der Waals surface area contributed by atoms with Crippen molar-refractivity contribution in [1.82, 2.24) is 25.1 Å². The lowest BCUT2D eigenvalue weighted by Crippen LogP contribution is -2.49. The molecule has 4 aromatic heterocycles. The fraction of sp³-hybridized carbons (Fsp3) is 0.333. The molecule has 8 nitrogen and oxygen atoms in total. The number of nitrogens with zero attached hydrogens (tertiary/aromatic N) is 4. The number of fused-ring (bicyclic) bond motifs is 1. The van der Waals surface area contributed by atoms with Crippen LogP contribution in [-0.2, 0) is 0 Å². The Bertz CT molecular complexity index is 1190. The Kier molecular flexibility index (Phi) is 4.09. The van der Waals surface area contributed by atoms with Gasteiger partial charge in [0.25, 0.3) is 0 Å². The van der Waals surface area contributed by atoms with Gasteiger partial charge in [0, 0.05) is 35.4 Å². The van der Waals surface area contributed by atoms with Gasteiger partial charge in [-0.3, -0.25) is 0 Å². The highest BCUT2D eigenvalue weighted by atomic mass is 16.5. The van der Waals surface area contributed by atoms with Crippen molar-refractivity contribution < 1.29 is 4.52 Å². The van der Waals surface area contributed by atoms with Gasteiger partial charge in [-0.1, -0.05) is 5.16 Å². The standard InChI is InChI=1S/C21H23N7O/c1-10-8-24-21(26-16-7-5-15(16)22)27-19(10)14-9-23-20-13(14)4-6-17(25-20)18-11(2)28-29-12(18)3/h4,6,8-9,15-16H,5,7,22H2,1-3H3,(H,23,25)(H,24,26,27)/t15-,16-/m0/s1. The number of H-pyrrole nitrogens is 1. The Morgan fingerprint density at radius 2 is 2.03 bits per heavy atom. The highest BCUT2D eigenvalue weighted by Gasteiger charge is 2.28. The summed E-state index contributed by atoms with van der Waals surface area (Å²) in [5.74, 6) is 1.37. The smallest absolute Gasteiger partial charge is 0.223 e. The molecule has 0 radical (unpaired) electrons. The van der Waals surface area contributed by atoms with Crippen LogP contribution in [0.1, 0.15) is 29.9 Å². The molecule has 0 saturated heterocycles. The third-order valence-electron chi connectivity index (χ3n) is 5.70. The third-order valence-corrected chi connectivity index (χ3v) is 5.70. The van der Waals surface area contributed by atoms with Crippen molar-refractivity contribution >= 4 is 17.0 Å². The second-order valence-electron chi connectivity index (χ2n) is 7.71. The summed E-state index contributed by atoms with van der Waals surface area (Å²) in [6.45, 7) is 5.83. The van der Waals surface area contributed by atoms with Gasteiger partial charge in [-0.25, -0.2) is 15.0 Å². The van der Waals surface area contributed by atoms with Gasteiger partial charge in [-0.2, -0.15) is 0 Å². The average Bonchev–Trinajstić information content (AvgIpc) is 3.28. The number of anilines is 1. The molecular formula is C21H23N7O. The number of nitrogens with one attached hydrogen (secondary N) is 2. The lowest BCUT2D eigenvalue weighted by molar-refractivity contribution is 0.368. The molecular weight excluding hydrogens is 366 g/mol. The summed E-state index contributed by atoms with van der Waals surface area (Å²) < 4.78 is 5.29. The van der Waals surface area contributed by atoms with Crippen molar-refractivity contribution in [2.45, 2.75) is 45.7 Å². The van der Waals surface area contributed by atoms with E-state index in [2.05, 4.69) is 26.5 Å². The predicted molar refractivity (Wildman–Crippen MR) is 111 cm³/mol. The van der Waals surface area contributed by atoms with Crippen LogP contribution in [0.3, 0.4) is 0 Å². The van der Waals surface area contributed by atoms with E-state index in [-0.39, 0.29) is 12.1 Å². The molecule has 29 heavy (non-hydrogen) atoms. The minimum atomic E-state index is 0.170. The molecule has 0 bridgehead atoms. The first-order valence-corrected chi connectivity index (χ1v) is 9.79. The quantitative estimate of drug-likeness (QED) is 0.489. The van der Waals surface area contributed by atoms with Crippen molar-refractivity contribution in [3.63, 3.8) is 0 Å². The van der Waals surface area contributed by atoms with Crippen molar-refractivity contribution in [3.05, 3.63) is 41.5 Å². The van der Waals surface area contributed by atoms with E-state index >= 15 is 0 Å². The van der Waals surface area contributed by atoms with E-state index in [1.807, 2.05) is 39.2 Å². The Morgan fingerprint density at radius 3 is 2.72 bits per heavy atom. The van der Waals surface area contributed by atoms with Gasteiger partial charge in [0.1, 0.15) is 11.4 Å². The van der Waals surface area contributed by atoms with Crippen LogP contribution in [0.4, 0.5) is 5.95 Å². The van der Waals surface area contributed by atoms with E-state index in [4.69, 9.17) is 20.2 Å². The van der Waals surface area contributed by atoms with Gasteiger partial charge in [0.15, 0.2) is 0 Å². The van der Waals surface area contributed by atoms with Crippen LogP contribution in [-0.4, -0.2) is 37.2 Å². The molecule has 2 atom stereocenters. The molecule has 4 aromatic rings. The number of hydrogen-bond donors (Lipinski definition) is 3. The number of pyridine rings is 1. The van der Waals surface area contributed by atoms with E-state index in [0.717, 1.165) is 63.4 Å². The largest absolute Gasteiger partial charge is 0.361 e. The van der Waals surface area contributed by atoms with Crippen molar-refractivity contribution in [2.75, 3.05) is 5.32 Å². The Balaban J connectivity index is 1.54. The van der Waals surface area contributed by atoms with Crippen LogP contribution < -0.4 is 11.1 Å². The zero-order chi connectivity index (χ0) is 20.1. The lowest BCUT2D eigenvalue weighted by Gasteiger charge is -2.34. The monoisotopic (exact) mass is 389 g/mol. The molecule has 4 N–H and O–H groups in total. The second-order valence-corrected chi connectivity index (χ2v) is 7.71. The topological polar surface area (TPSA) is 119 Å². The van der Waals surface area contributed by atoms with Crippen LogP contribution in [0, 0.1) is 20.8 Å². The molecule has 1 fully saturated rings. The molecule has 4 heterocycles. The Hall–Kier alpha value is -3.26. The number of rotatable bonds is 4. The predicted octanol–water partition coefficient (Wildman–Crippen LogP) is 3.50. The maximum atomic E-state index is 6.04. The normalized spacial score (nSPS) is 18.8. The molecule has 0 aromatic carbocycles. The summed E-state index contributed by atoms with van der Waals surface area (Å²) >= 11 is 0. The molecule has 0 spiro atoms. The van der Waals surface area contributed by atoms with Crippen LogP contribution >= 0.6 is 0 Å². The molecule has 0 aliphatic heterocycles. The van der Waals surface area contributed by atoms with E-state index in [1.165, 1.54) is 0 Å². The Morgan fingerprint density at radius 1 is 1.17 bits per heavy atom. The van der Waals surface area contributed by atoms with Gasteiger partial charge in [0.05, 0.1) is 22.6 Å².